The molecule has 0 amide bonds. The van der Waals surface area contributed by atoms with Crippen LogP contribution in [0, 0.1) is 0 Å². The first-order valence-electron chi connectivity index (χ1n) is 8.70. The van der Waals surface area contributed by atoms with E-state index >= 15 is 0 Å². The number of aromatic nitrogens is 8. The number of fused-ring (bicyclic) bond motifs is 2. The molecule has 0 aliphatic heterocycles. The van der Waals surface area contributed by atoms with Crippen LogP contribution in [-0.2, 0) is 7.05 Å². The first kappa shape index (κ1) is 17.9. The van der Waals surface area contributed by atoms with Gasteiger partial charge in [0.2, 0.25) is 5.16 Å². The number of pyridine rings is 1. The second-order valence-electron chi connectivity index (χ2n) is 6.14. The Bertz CT molecular complexity index is 1330. The van der Waals surface area contributed by atoms with Crippen LogP contribution in [0.3, 0.4) is 0 Å². The molecule has 144 valence electrons. The summed E-state index contributed by atoms with van der Waals surface area (Å²) >= 11 is 3.07. The summed E-state index contributed by atoms with van der Waals surface area (Å²) in [5.41, 5.74) is 1.62. The van der Waals surface area contributed by atoms with Gasteiger partial charge >= 0.3 is 0 Å². The summed E-state index contributed by atoms with van der Waals surface area (Å²) in [4.78, 5) is 6.57. The minimum Gasteiger partial charge on any atom is -0.372 e. The quantitative estimate of drug-likeness (QED) is 0.459. The molecule has 29 heavy (non-hydrogen) atoms. The molecule has 5 rings (SSSR count). The zero-order chi connectivity index (χ0) is 19.8. The molecule has 11 heteroatoms. The highest BCUT2D eigenvalue weighted by Gasteiger charge is 2.12. The predicted molar refractivity (Wildman–Crippen MR) is 111 cm³/mol. The fourth-order valence-corrected chi connectivity index (χ4v) is 4.49. The Balaban J connectivity index is 1.53. The van der Waals surface area contributed by atoms with Gasteiger partial charge in [0, 0.05) is 35.5 Å². The molecule has 0 saturated heterocycles. The number of aryl methyl sites for hydroxylation is 1. The molecule has 0 saturated carbocycles. The highest BCUT2D eigenvalue weighted by molar-refractivity contribution is 7.99. The van der Waals surface area contributed by atoms with Crippen LogP contribution < -0.4 is 5.32 Å². The van der Waals surface area contributed by atoms with Crippen LogP contribution in [0.5, 0.6) is 0 Å². The van der Waals surface area contributed by atoms with Crippen molar-refractivity contribution >= 4 is 45.9 Å². The molecule has 4 heterocycles. The van der Waals surface area contributed by atoms with Gasteiger partial charge in [0.25, 0.3) is 0 Å². The number of rotatable bonds is 5. The molecule has 0 unspecified atom stereocenters. The lowest BCUT2D eigenvalue weighted by Gasteiger charge is -2.07. The highest BCUT2D eigenvalue weighted by atomic mass is 32.2. The van der Waals surface area contributed by atoms with Gasteiger partial charge in [-0.3, -0.25) is 4.98 Å². The zero-order valence-electron chi connectivity index (χ0n) is 15.5. The maximum Gasteiger partial charge on any atom is 0.217 e. The molecular formula is C18H15N9S2. The Morgan fingerprint density at radius 3 is 2.72 bits per heavy atom. The lowest BCUT2D eigenvalue weighted by molar-refractivity contribution is 0.789. The SMILES string of the molecule is CNc1ccc2nnc(Sc3ccc4nccc(Sc5nncn5C)c4c3)n2n1. The topological polar surface area (TPSA) is 98.7 Å². The number of nitrogens with zero attached hydrogens (tertiary/aromatic N) is 8. The third kappa shape index (κ3) is 3.38. The Hall–Kier alpha value is -3.18. The predicted octanol–water partition coefficient (Wildman–Crippen LogP) is 3.15. The van der Waals surface area contributed by atoms with Crippen molar-refractivity contribution in [3.8, 4) is 0 Å². The summed E-state index contributed by atoms with van der Waals surface area (Å²) < 4.78 is 3.63. The van der Waals surface area contributed by atoms with Gasteiger partial charge in [-0.2, -0.15) is 4.52 Å². The molecule has 0 fully saturated rings. The molecule has 0 bridgehead atoms. The first-order chi connectivity index (χ1) is 14.2. The van der Waals surface area contributed by atoms with Crippen molar-refractivity contribution in [1.29, 1.82) is 0 Å². The fourth-order valence-electron chi connectivity index (χ4n) is 2.79. The number of hydrogen-bond donors (Lipinski definition) is 1. The average Bonchev–Trinajstić information content (AvgIpc) is 3.34. The standard InChI is InChI=1S/C18H15N9S2/c1-19-15-5-6-16-22-24-18(27(16)25-15)28-11-3-4-13-12(9-11)14(7-8-20-13)29-17-23-21-10-26(17)2/h3-10H,1-2H3,(H,19,25). The Kier molecular flexibility index (Phi) is 4.52. The summed E-state index contributed by atoms with van der Waals surface area (Å²) in [6, 6.07) is 11.9. The van der Waals surface area contributed by atoms with Crippen molar-refractivity contribution in [2.75, 3.05) is 12.4 Å². The number of anilines is 1. The van der Waals surface area contributed by atoms with Crippen LogP contribution in [0.1, 0.15) is 0 Å². The summed E-state index contributed by atoms with van der Waals surface area (Å²) in [6.45, 7) is 0. The maximum absolute atomic E-state index is 4.51. The van der Waals surface area contributed by atoms with Crippen molar-refractivity contribution in [1.82, 2.24) is 39.6 Å². The lowest BCUT2D eigenvalue weighted by atomic mass is 10.2. The monoisotopic (exact) mass is 421 g/mol. The molecule has 1 aromatic carbocycles. The van der Waals surface area contributed by atoms with Gasteiger partial charge in [0.05, 0.1) is 5.52 Å². The molecule has 4 aromatic heterocycles. The van der Waals surface area contributed by atoms with Crippen LogP contribution in [0.25, 0.3) is 16.6 Å². The smallest absolute Gasteiger partial charge is 0.217 e. The molecule has 0 aliphatic carbocycles. The Morgan fingerprint density at radius 1 is 0.966 bits per heavy atom. The van der Waals surface area contributed by atoms with E-state index in [0.717, 1.165) is 31.7 Å². The van der Waals surface area contributed by atoms with Gasteiger partial charge in [-0.05, 0) is 59.9 Å². The minimum atomic E-state index is 0.697. The fraction of sp³-hybridized carbons (Fsp3) is 0.111. The first-order valence-corrected chi connectivity index (χ1v) is 10.3. The number of hydrogen-bond acceptors (Lipinski definition) is 9. The van der Waals surface area contributed by atoms with Crippen molar-refractivity contribution in [3.05, 3.63) is 48.9 Å². The molecule has 5 aromatic rings. The minimum absolute atomic E-state index is 0.697. The Labute approximate surface area is 174 Å². The van der Waals surface area contributed by atoms with Crippen LogP contribution in [-0.4, -0.2) is 46.6 Å². The van der Waals surface area contributed by atoms with Crippen LogP contribution >= 0.6 is 23.5 Å². The summed E-state index contributed by atoms with van der Waals surface area (Å²) in [5.74, 6) is 0.754. The van der Waals surface area contributed by atoms with Crippen molar-refractivity contribution in [2.45, 2.75) is 20.1 Å². The molecule has 0 radical (unpaired) electrons. The number of benzene rings is 1. The van der Waals surface area contributed by atoms with E-state index in [1.165, 1.54) is 11.8 Å². The van der Waals surface area contributed by atoms with Gasteiger partial charge in [-0.1, -0.05) is 0 Å². The number of nitrogens with one attached hydrogen (secondary N) is 1. The summed E-state index contributed by atoms with van der Waals surface area (Å²) in [5, 5.41) is 26.7. The molecule has 0 spiro atoms. The molecule has 9 nitrogen and oxygen atoms in total. The molecule has 1 N–H and O–H groups in total. The molecule has 0 aliphatic rings. The zero-order valence-corrected chi connectivity index (χ0v) is 17.1. The maximum atomic E-state index is 4.51. The van der Waals surface area contributed by atoms with Crippen molar-refractivity contribution in [2.24, 2.45) is 7.05 Å². The third-order valence-corrected chi connectivity index (χ3v) is 6.30. The van der Waals surface area contributed by atoms with Gasteiger partial charge in [0.1, 0.15) is 12.1 Å². The normalized spacial score (nSPS) is 11.4. The van der Waals surface area contributed by atoms with Crippen LogP contribution in [0.15, 0.2) is 69.0 Å². The van der Waals surface area contributed by atoms with Crippen molar-refractivity contribution < 1.29 is 0 Å². The van der Waals surface area contributed by atoms with E-state index in [9.17, 15) is 0 Å². The van der Waals surface area contributed by atoms with Gasteiger partial charge < -0.3 is 9.88 Å². The van der Waals surface area contributed by atoms with Gasteiger partial charge in [0.15, 0.2) is 10.8 Å². The van der Waals surface area contributed by atoms with E-state index < -0.39 is 0 Å². The van der Waals surface area contributed by atoms with E-state index in [4.69, 9.17) is 0 Å². The van der Waals surface area contributed by atoms with E-state index in [2.05, 4.69) is 41.9 Å². The second-order valence-corrected chi connectivity index (χ2v) is 8.19. The Morgan fingerprint density at radius 2 is 1.90 bits per heavy atom. The summed E-state index contributed by atoms with van der Waals surface area (Å²) in [7, 11) is 3.76. The van der Waals surface area contributed by atoms with Crippen molar-refractivity contribution in [3.63, 3.8) is 0 Å². The van der Waals surface area contributed by atoms with Crippen LogP contribution in [0.2, 0.25) is 0 Å². The molecule has 0 atom stereocenters. The highest BCUT2D eigenvalue weighted by Crippen LogP contribution is 2.35. The second kappa shape index (κ2) is 7.33. The largest absolute Gasteiger partial charge is 0.372 e. The lowest BCUT2D eigenvalue weighted by Crippen LogP contribution is -1.99. The third-order valence-electron chi connectivity index (χ3n) is 4.24. The van der Waals surface area contributed by atoms with Gasteiger partial charge in [-0.25, -0.2) is 0 Å². The van der Waals surface area contributed by atoms with E-state index in [-0.39, 0.29) is 0 Å². The molecular weight excluding hydrogens is 406 g/mol. The van der Waals surface area contributed by atoms with E-state index in [1.54, 1.807) is 22.6 Å². The van der Waals surface area contributed by atoms with Gasteiger partial charge in [-0.15, -0.1) is 25.5 Å². The van der Waals surface area contributed by atoms with E-state index in [1.807, 2.05) is 55.2 Å². The average molecular weight is 422 g/mol. The summed E-state index contributed by atoms with van der Waals surface area (Å²) in [6.07, 6.45) is 3.50. The van der Waals surface area contributed by atoms with E-state index in [0.29, 0.717) is 10.8 Å². The van der Waals surface area contributed by atoms with Crippen LogP contribution in [0.4, 0.5) is 5.82 Å².